The van der Waals surface area contributed by atoms with E-state index in [-0.39, 0.29) is 17.9 Å². The van der Waals surface area contributed by atoms with Crippen molar-refractivity contribution >= 4 is 24.0 Å². The second kappa shape index (κ2) is 3.21. The summed E-state index contributed by atoms with van der Waals surface area (Å²) in [6.07, 6.45) is 3.82. The monoisotopic (exact) mass is 204 g/mol. The van der Waals surface area contributed by atoms with Crippen molar-refractivity contribution < 1.29 is 0 Å². The van der Waals surface area contributed by atoms with Crippen LogP contribution < -0.4 is 5.73 Å². The molecule has 4 heteroatoms. The lowest BCUT2D eigenvalue weighted by molar-refractivity contribution is 0.738. The smallest absolute Gasteiger partial charge is 0.129 e. The average molecular weight is 205 g/mol. The molecule has 1 fully saturated rings. The van der Waals surface area contributed by atoms with Gasteiger partial charge in [-0.15, -0.1) is 12.4 Å². The summed E-state index contributed by atoms with van der Waals surface area (Å²) in [5, 5.41) is 0.527. The first-order valence-corrected chi connectivity index (χ1v) is 3.99. The van der Waals surface area contributed by atoms with Crippen LogP contribution in [0.1, 0.15) is 18.4 Å². The van der Waals surface area contributed by atoms with Crippen molar-refractivity contribution in [3.05, 3.63) is 29.0 Å². The summed E-state index contributed by atoms with van der Waals surface area (Å²) in [4.78, 5) is 3.89. The fourth-order valence-electron chi connectivity index (χ4n) is 1.14. The standard InChI is InChI=1S/C8H9ClN2.ClH/c9-7-5-6(1-4-11-7)8(10)2-3-8;/h1,4-5H,2-3,10H2;1H. The summed E-state index contributed by atoms with van der Waals surface area (Å²) < 4.78 is 0. The van der Waals surface area contributed by atoms with Gasteiger partial charge in [-0.2, -0.15) is 0 Å². The Morgan fingerprint density at radius 2 is 2.17 bits per heavy atom. The predicted molar refractivity (Wildman–Crippen MR) is 51.6 cm³/mol. The van der Waals surface area contributed by atoms with E-state index in [9.17, 15) is 0 Å². The molecule has 12 heavy (non-hydrogen) atoms. The van der Waals surface area contributed by atoms with Gasteiger partial charge in [0.05, 0.1) is 0 Å². The normalized spacial score (nSPS) is 18.2. The maximum absolute atomic E-state index is 5.95. The highest BCUT2D eigenvalue weighted by Crippen LogP contribution is 2.42. The number of rotatable bonds is 1. The molecule has 0 bridgehead atoms. The van der Waals surface area contributed by atoms with Gasteiger partial charge in [-0.05, 0) is 30.5 Å². The van der Waals surface area contributed by atoms with Gasteiger partial charge in [0, 0.05) is 11.7 Å². The Labute approximate surface area is 82.5 Å². The third-order valence-electron chi connectivity index (χ3n) is 2.09. The maximum atomic E-state index is 5.95. The first-order valence-electron chi connectivity index (χ1n) is 3.62. The zero-order valence-electron chi connectivity index (χ0n) is 6.46. The summed E-state index contributed by atoms with van der Waals surface area (Å²) in [6.45, 7) is 0. The number of hydrogen-bond acceptors (Lipinski definition) is 2. The second-order valence-corrected chi connectivity index (χ2v) is 3.41. The van der Waals surface area contributed by atoms with E-state index in [0.29, 0.717) is 5.15 Å². The van der Waals surface area contributed by atoms with Crippen molar-refractivity contribution in [2.75, 3.05) is 0 Å². The van der Waals surface area contributed by atoms with Crippen LogP contribution in [-0.2, 0) is 5.54 Å². The average Bonchev–Trinajstić information content (AvgIpc) is 2.70. The topological polar surface area (TPSA) is 38.9 Å². The highest BCUT2D eigenvalue weighted by molar-refractivity contribution is 6.29. The van der Waals surface area contributed by atoms with Gasteiger partial charge >= 0.3 is 0 Å². The number of halogens is 2. The quantitative estimate of drug-likeness (QED) is 0.713. The molecule has 2 nitrogen and oxygen atoms in total. The van der Waals surface area contributed by atoms with Crippen LogP contribution in [0.15, 0.2) is 18.3 Å². The Balaban J connectivity index is 0.000000720. The lowest BCUT2D eigenvalue weighted by atomic mass is 10.1. The number of nitrogens with two attached hydrogens (primary N) is 1. The van der Waals surface area contributed by atoms with E-state index in [0.717, 1.165) is 18.4 Å². The van der Waals surface area contributed by atoms with Crippen molar-refractivity contribution in [2.45, 2.75) is 18.4 Å². The van der Waals surface area contributed by atoms with Crippen LogP contribution in [0.25, 0.3) is 0 Å². The first-order chi connectivity index (χ1) is 5.21. The molecule has 1 aromatic heterocycles. The molecule has 2 rings (SSSR count). The molecule has 1 aliphatic rings. The Hall–Kier alpha value is -0.310. The molecule has 0 saturated heterocycles. The van der Waals surface area contributed by atoms with E-state index < -0.39 is 0 Å². The lowest BCUT2D eigenvalue weighted by Crippen LogP contribution is -2.18. The Bertz CT molecular complexity index is 284. The molecule has 66 valence electrons. The lowest BCUT2D eigenvalue weighted by Gasteiger charge is -2.07. The molecule has 2 N–H and O–H groups in total. The zero-order chi connectivity index (χ0) is 7.90. The van der Waals surface area contributed by atoms with Crippen molar-refractivity contribution in [1.82, 2.24) is 4.98 Å². The molecule has 1 aliphatic carbocycles. The van der Waals surface area contributed by atoms with Gasteiger partial charge in [0.25, 0.3) is 0 Å². The van der Waals surface area contributed by atoms with Crippen LogP contribution >= 0.6 is 24.0 Å². The van der Waals surface area contributed by atoms with E-state index in [1.807, 2.05) is 12.1 Å². The molecule has 1 aromatic rings. The Morgan fingerprint density at radius 1 is 1.50 bits per heavy atom. The van der Waals surface area contributed by atoms with Crippen molar-refractivity contribution in [1.29, 1.82) is 0 Å². The van der Waals surface area contributed by atoms with Gasteiger partial charge in [0.15, 0.2) is 0 Å². The van der Waals surface area contributed by atoms with E-state index in [1.54, 1.807) is 6.20 Å². The van der Waals surface area contributed by atoms with Gasteiger partial charge in [0.2, 0.25) is 0 Å². The van der Waals surface area contributed by atoms with E-state index in [1.165, 1.54) is 0 Å². The molecule has 0 radical (unpaired) electrons. The molecular weight excluding hydrogens is 195 g/mol. The molecule has 0 aromatic carbocycles. The van der Waals surface area contributed by atoms with Gasteiger partial charge in [-0.25, -0.2) is 4.98 Å². The Morgan fingerprint density at radius 3 is 2.67 bits per heavy atom. The minimum absolute atomic E-state index is 0. The van der Waals surface area contributed by atoms with E-state index in [2.05, 4.69) is 4.98 Å². The van der Waals surface area contributed by atoms with Crippen LogP contribution in [0.2, 0.25) is 5.15 Å². The molecule has 0 unspecified atom stereocenters. The third-order valence-corrected chi connectivity index (χ3v) is 2.30. The molecule has 1 heterocycles. The van der Waals surface area contributed by atoms with Crippen LogP contribution in [0.4, 0.5) is 0 Å². The van der Waals surface area contributed by atoms with Crippen LogP contribution in [0.5, 0.6) is 0 Å². The van der Waals surface area contributed by atoms with Crippen molar-refractivity contribution in [2.24, 2.45) is 5.73 Å². The molecule has 1 saturated carbocycles. The van der Waals surface area contributed by atoms with Gasteiger partial charge in [-0.3, -0.25) is 0 Å². The number of pyridine rings is 1. The number of aromatic nitrogens is 1. The van der Waals surface area contributed by atoms with Gasteiger partial charge in [0.1, 0.15) is 5.15 Å². The molecular formula is C8H10Cl2N2. The summed E-state index contributed by atoms with van der Waals surface area (Å²) >= 11 is 5.71. The predicted octanol–water partition coefficient (Wildman–Crippen LogP) is 2.10. The van der Waals surface area contributed by atoms with Crippen LogP contribution in [0, 0.1) is 0 Å². The Kier molecular flexibility index (Phi) is 2.61. The number of hydrogen-bond donors (Lipinski definition) is 1. The SMILES string of the molecule is Cl.NC1(c2ccnc(Cl)c2)CC1. The fourth-order valence-corrected chi connectivity index (χ4v) is 1.31. The van der Waals surface area contributed by atoms with E-state index >= 15 is 0 Å². The summed E-state index contributed by atoms with van der Waals surface area (Å²) in [6, 6.07) is 3.77. The highest BCUT2D eigenvalue weighted by Gasteiger charge is 2.39. The summed E-state index contributed by atoms with van der Waals surface area (Å²) in [7, 11) is 0. The maximum Gasteiger partial charge on any atom is 0.129 e. The molecule has 0 amide bonds. The van der Waals surface area contributed by atoms with Crippen molar-refractivity contribution in [3.8, 4) is 0 Å². The van der Waals surface area contributed by atoms with E-state index in [4.69, 9.17) is 17.3 Å². The fraction of sp³-hybridized carbons (Fsp3) is 0.375. The van der Waals surface area contributed by atoms with Gasteiger partial charge < -0.3 is 5.73 Å². The van der Waals surface area contributed by atoms with Crippen molar-refractivity contribution in [3.63, 3.8) is 0 Å². The van der Waals surface area contributed by atoms with Crippen LogP contribution in [-0.4, -0.2) is 4.98 Å². The molecule has 0 atom stereocenters. The third kappa shape index (κ3) is 1.71. The van der Waals surface area contributed by atoms with Crippen LogP contribution in [0.3, 0.4) is 0 Å². The first kappa shape index (κ1) is 9.78. The minimum atomic E-state index is -0.0907. The molecule has 0 aliphatic heterocycles. The molecule has 0 spiro atoms. The zero-order valence-corrected chi connectivity index (χ0v) is 8.03. The number of nitrogens with zero attached hydrogens (tertiary/aromatic N) is 1. The second-order valence-electron chi connectivity index (χ2n) is 3.02. The highest BCUT2D eigenvalue weighted by atomic mass is 35.5. The largest absolute Gasteiger partial charge is 0.321 e. The van der Waals surface area contributed by atoms with Gasteiger partial charge in [-0.1, -0.05) is 11.6 Å². The summed E-state index contributed by atoms with van der Waals surface area (Å²) in [5.41, 5.74) is 6.97. The summed E-state index contributed by atoms with van der Waals surface area (Å²) in [5.74, 6) is 0. The minimum Gasteiger partial charge on any atom is -0.321 e.